The number of para-hydroxylation sites is 1. The fourth-order valence-corrected chi connectivity index (χ4v) is 4.73. The summed E-state index contributed by atoms with van der Waals surface area (Å²) in [6.45, 7) is 10.7. The second kappa shape index (κ2) is 12.1. The molecule has 0 aromatic heterocycles. The lowest BCUT2D eigenvalue weighted by Crippen LogP contribution is -2.32. The highest BCUT2D eigenvalue weighted by molar-refractivity contribution is 6.36. The quantitative estimate of drug-likeness (QED) is 0.179. The Morgan fingerprint density at radius 1 is 0.800 bits per heavy atom. The van der Waals surface area contributed by atoms with Crippen molar-refractivity contribution in [1.82, 2.24) is 0 Å². The minimum atomic E-state index is -0.544. The maximum atomic E-state index is 13.7. The number of unbranched alkanes of at least 4 members (excludes halogenated alkanes) is 6. The molecule has 0 unspecified atom stereocenters. The van der Waals surface area contributed by atoms with E-state index in [1.807, 2.05) is 45.9 Å². The number of rotatable bonds is 12. The highest BCUT2D eigenvalue weighted by Gasteiger charge is 2.42. The molecule has 0 saturated carbocycles. The van der Waals surface area contributed by atoms with Crippen molar-refractivity contribution in [3.8, 4) is 0 Å². The Morgan fingerprint density at radius 2 is 1.37 bits per heavy atom. The number of hydrogen-bond donors (Lipinski definition) is 0. The summed E-state index contributed by atoms with van der Waals surface area (Å²) in [5, 5.41) is 0. The van der Waals surface area contributed by atoms with Crippen molar-refractivity contribution in [2.75, 3.05) is 11.5 Å². The van der Waals surface area contributed by atoms with E-state index in [9.17, 15) is 14.4 Å². The minimum Gasteiger partial charge on any atom is -0.462 e. The molecule has 35 heavy (non-hydrogen) atoms. The van der Waals surface area contributed by atoms with Crippen molar-refractivity contribution in [1.29, 1.82) is 0 Å². The van der Waals surface area contributed by atoms with Gasteiger partial charge in [-0.1, -0.05) is 97.4 Å². The number of carbonyl (C=O) groups is 3. The number of carbonyl (C=O) groups excluding carboxylic acids is 3. The largest absolute Gasteiger partial charge is 0.462 e. The van der Waals surface area contributed by atoms with Crippen LogP contribution in [0.15, 0.2) is 36.4 Å². The van der Waals surface area contributed by atoms with Crippen LogP contribution in [0.3, 0.4) is 0 Å². The molecule has 0 N–H and O–H groups in total. The average Bonchev–Trinajstić information content (AvgIpc) is 3.09. The van der Waals surface area contributed by atoms with Gasteiger partial charge < -0.3 is 4.74 Å². The Morgan fingerprint density at radius 3 is 1.97 bits per heavy atom. The van der Waals surface area contributed by atoms with Crippen LogP contribution in [0.5, 0.6) is 0 Å². The number of fused-ring (bicyclic) bond motifs is 1. The van der Waals surface area contributed by atoms with Crippen molar-refractivity contribution in [2.45, 2.75) is 91.4 Å². The van der Waals surface area contributed by atoms with Crippen molar-refractivity contribution in [3.05, 3.63) is 64.2 Å². The highest BCUT2D eigenvalue weighted by atomic mass is 16.5. The van der Waals surface area contributed by atoms with Gasteiger partial charge in [0, 0.05) is 0 Å². The van der Waals surface area contributed by atoms with Gasteiger partial charge in [0.1, 0.15) is 0 Å². The Labute approximate surface area is 209 Å². The predicted octanol–water partition coefficient (Wildman–Crippen LogP) is 7.64. The molecule has 0 fully saturated rings. The van der Waals surface area contributed by atoms with Gasteiger partial charge in [0.05, 0.1) is 29.0 Å². The maximum absolute atomic E-state index is 13.7. The van der Waals surface area contributed by atoms with E-state index in [-0.39, 0.29) is 34.4 Å². The lowest BCUT2D eigenvalue weighted by Gasteiger charge is -2.25. The molecule has 2 aromatic rings. The third-order valence-corrected chi connectivity index (χ3v) is 6.68. The number of hydrogen-bond acceptors (Lipinski definition) is 4. The molecule has 1 aliphatic rings. The first-order valence-electron chi connectivity index (χ1n) is 13.1. The zero-order valence-electron chi connectivity index (χ0n) is 21.9. The first-order chi connectivity index (χ1) is 16.8. The normalized spacial score (nSPS) is 13.2. The number of nitrogens with zero attached hydrogens (tertiary/aromatic N) is 1. The molecule has 0 spiro atoms. The van der Waals surface area contributed by atoms with Crippen LogP contribution in [0.2, 0.25) is 0 Å². The number of ether oxygens (including phenoxy) is 1. The molecule has 2 amide bonds. The van der Waals surface area contributed by atoms with Crippen LogP contribution >= 0.6 is 0 Å². The van der Waals surface area contributed by atoms with E-state index in [0.717, 1.165) is 30.4 Å². The first kappa shape index (κ1) is 26.7. The summed E-state index contributed by atoms with van der Waals surface area (Å²) in [6, 6.07) is 10.8. The van der Waals surface area contributed by atoms with Crippen LogP contribution in [0.25, 0.3) is 0 Å². The van der Waals surface area contributed by atoms with Gasteiger partial charge in [0.25, 0.3) is 11.8 Å². The first-order valence-corrected chi connectivity index (χ1v) is 13.1. The summed E-state index contributed by atoms with van der Waals surface area (Å²) in [4.78, 5) is 41.4. The Bertz CT molecular complexity index is 1040. The summed E-state index contributed by atoms with van der Waals surface area (Å²) in [5.41, 5.74) is 3.09. The molecule has 3 rings (SSSR count). The number of imide groups is 1. The van der Waals surface area contributed by atoms with E-state index in [1.165, 1.54) is 30.6 Å². The second-order valence-corrected chi connectivity index (χ2v) is 10.0. The van der Waals surface area contributed by atoms with Crippen LogP contribution in [-0.2, 0) is 4.74 Å². The smallest absolute Gasteiger partial charge is 0.338 e. The Kier molecular flexibility index (Phi) is 9.25. The summed E-state index contributed by atoms with van der Waals surface area (Å²) < 4.78 is 5.51. The molecule has 5 heteroatoms. The number of esters is 1. The molecule has 1 heterocycles. The van der Waals surface area contributed by atoms with Gasteiger partial charge in [-0.15, -0.1) is 0 Å². The molecule has 0 saturated heterocycles. The summed E-state index contributed by atoms with van der Waals surface area (Å²) >= 11 is 0. The molecule has 5 nitrogen and oxygen atoms in total. The lowest BCUT2D eigenvalue weighted by atomic mass is 9.92. The maximum Gasteiger partial charge on any atom is 0.338 e. The van der Waals surface area contributed by atoms with E-state index < -0.39 is 11.9 Å². The van der Waals surface area contributed by atoms with Crippen molar-refractivity contribution >= 4 is 23.5 Å². The number of benzene rings is 2. The van der Waals surface area contributed by atoms with E-state index in [0.29, 0.717) is 12.3 Å². The highest BCUT2D eigenvalue weighted by Crippen LogP contribution is 2.40. The van der Waals surface area contributed by atoms with Crippen LogP contribution < -0.4 is 4.90 Å². The molecular formula is C30H39NO4. The van der Waals surface area contributed by atoms with Crippen LogP contribution in [0.1, 0.15) is 134 Å². The minimum absolute atomic E-state index is 0.124. The van der Waals surface area contributed by atoms with Crippen LogP contribution in [0, 0.1) is 0 Å². The third kappa shape index (κ3) is 5.83. The van der Waals surface area contributed by atoms with E-state index >= 15 is 0 Å². The standard InChI is InChI=1S/C30H39NO4/c1-6-7-8-9-10-11-12-19-35-30(34)25-18-14-17-24-26(25)29(33)31(28(24)32)27-22(20(2)3)15-13-16-23(27)21(4)5/h13-18,20-21H,6-12,19H2,1-5H3. The van der Waals surface area contributed by atoms with Gasteiger partial charge in [-0.2, -0.15) is 0 Å². The van der Waals surface area contributed by atoms with Crippen LogP contribution in [-0.4, -0.2) is 24.4 Å². The van der Waals surface area contributed by atoms with Gasteiger partial charge >= 0.3 is 5.97 Å². The average molecular weight is 478 g/mol. The number of anilines is 1. The zero-order chi connectivity index (χ0) is 25.5. The van der Waals surface area contributed by atoms with Gasteiger partial charge in [-0.25, -0.2) is 9.69 Å². The molecule has 1 aliphatic heterocycles. The second-order valence-electron chi connectivity index (χ2n) is 10.0. The fourth-order valence-electron chi connectivity index (χ4n) is 4.73. The monoisotopic (exact) mass is 477 g/mol. The molecule has 0 radical (unpaired) electrons. The molecule has 0 atom stereocenters. The number of amides is 2. The summed E-state index contributed by atoms with van der Waals surface area (Å²) in [5.74, 6) is -1.14. The fraction of sp³-hybridized carbons (Fsp3) is 0.500. The van der Waals surface area contributed by atoms with Gasteiger partial charge in [0.2, 0.25) is 0 Å². The summed E-state index contributed by atoms with van der Waals surface area (Å²) in [7, 11) is 0. The van der Waals surface area contributed by atoms with Gasteiger partial charge in [-0.3, -0.25) is 9.59 Å². The molecule has 188 valence electrons. The Balaban J connectivity index is 1.81. The zero-order valence-corrected chi connectivity index (χ0v) is 21.9. The molecular weight excluding hydrogens is 438 g/mol. The van der Waals surface area contributed by atoms with Gasteiger partial charge in [0.15, 0.2) is 0 Å². The van der Waals surface area contributed by atoms with E-state index in [1.54, 1.807) is 18.2 Å². The topological polar surface area (TPSA) is 63.7 Å². The molecule has 2 aromatic carbocycles. The Hall–Kier alpha value is -2.95. The van der Waals surface area contributed by atoms with E-state index in [4.69, 9.17) is 4.74 Å². The molecule has 0 bridgehead atoms. The predicted molar refractivity (Wildman–Crippen MR) is 140 cm³/mol. The SMILES string of the molecule is CCCCCCCCCOC(=O)c1cccc2c1C(=O)N(c1c(C(C)C)cccc1C(C)C)C2=O. The van der Waals surface area contributed by atoms with Crippen molar-refractivity contribution in [2.24, 2.45) is 0 Å². The van der Waals surface area contributed by atoms with Crippen molar-refractivity contribution < 1.29 is 19.1 Å². The van der Waals surface area contributed by atoms with Gasteiger partial charge in [-0.05, 0) is 41.5 Å². The molecule has 0 aliphatic carbocycles. The van der Waals surface area contributed by atoms with Crippen molar-refractivity contribution in [3.63, 3.8) is 0 Å². The third-order valence-electron chi connectivity index (χ3n) is 6.68. The summed E-state index contributed by atoms with van der Waals surface area (Å²) in [6.07, 6.45) is 7.88. The van der Waals surface area contributed by atoms with Crippen LogP contribution in [0.4, 0.5) is 5.69 Å². The lowest BCUT2D eigenvalue weighted by molar-refractivity contribution is 0.0494. The van der Waals surface area contributed by atoms with E-state index in [2.05, 4.69) is 6.92 Å².